The maximum Gasteiger partial charge on any atom is 0.0928 e. The van der Waals surface area contributed by atoms with E-state index >= 15 is 0 Å². The Morgan fingerprint density at radius 1 is 1.12 bits per heavy atom. The van der Waals surface area contributed by atoms with Crippen molar-refractivity contribution in [1.29, 1.82) is 0 Å². The van der Waals surface area contributed by atoms with Gasteiger partial charge in [-0.2, -0.15) is 5.10 Å². The molecule has 4 rings (SSSR count). The molecular formula is C21H25N5. The highest BCUT2D eigenvalue weighted by Crippen LogP contribution is 2.33. The quantitative estimate of drug-likeness (QED) is 0.614. The van der Waals surface area contributed by atoms with Crippen LogP contribution in [-0.4, -0.2) is 30.3 Å². The van der Waals surface area contributed by atoms with Gasteiger partial charge >= 0.3 is 0 Å². The molecule has 0 spiro atoms. The first-order chi connectivity index (χ1) is 12.7. The monoisotopic (exact) mass is 347 g/mol. The summed E-state index contributed by atoms with van der Waals surface area (Å²) in [7, 11) is 1.98. The maximum absolute atomic E-state index is 5.85. The van der Waals surface area contributed by atoms with Crippen molar-refractivity contribution < 1.29 is 0 Å². The number of rotatable bonds is 4. The Balaban J connectivity index is 1.69. The third-order valence-electron chi connectivity index (χ3n) is 5.02. The number of piperidine rings is 1. The van der Waals surface area contributed by atoms with Crippen molar-refractivity contribution in [2.75, 3.05) is 36.1 Å². The number of aromatic nitrogens is 2. The summed E-state index contributed by atoms with van der Waals surface area (Å²) in [4.78, 5) is 2.47. The van der Waals surface area contributed by atoms with Gasteiger partial charge in [0.1, 0.15) is 0 Å². The summed E-state index contributed by atoms with van der Waals surface area (Å²) >= 11 is 0. The lowest BCUT2D eigenvalue weighted by Crippen LogP contribution is -2.29. The molecule has 2 heterocycles. The van der Waals surface area contributed by atoms with Crippen molar-refractivity contribution in [3.63, 3.8) is 0 Å². The second-order valence-corrected chi connectivity index (χ2v) is 6.82. The minimum absolute atomic E-state index is 0.766. The van der Waals surface area contributed by atoms with Gasteiger partial charge in [0.2, 0.25) is 0 Å². The van der Waals surface area contributed by atoms with Gasteiger partial charge in [-0.15, -0.1) is 0 Å². The van der Waals surface area contributed by atoms with Gasteiger partial charge in [0.15, 0.2) is 0 Å². The molecule has 0 radical (unpaired) electrons. The molecule has 1 aliphatic rings. The van der Waals surface area contributed by atoms with Crippen LogP contribution in [0.1, 0.15) is 30.5 Å². The molecule has 5 heteroatoms. The van der Waals surface area contributed by atoms with Gasteiger partial charge in [-0.1, -0.05) is 18.2 Å². The van der Waals surface area contributed by atoms with Crippen LogP contribution in [0, 0.1) is 0 Å². The number of nitrogen functional groups attached to an aromatic ring is 1. The Labute approximate surface area is 153 Å². The summed E-state index contributed by atoms with van der Waals surface area (Å²) < 4.78 is 0. The van der Waals surface area contributed by atoms with Crippen LogP contribution >= 0.6 is 0 Å². The van der Waals surface area contributed by atoms with Crippen LogP contribution in [0.25, 0.3) is 23.1 Å². The number of aromatic amines is 1. The largest absolute Gasteiger partial charge is 0.399 e. The van der Waals surface area contributed by atoms with E-state index in [-0.39, 0.29) is 0 Å². The van der Waals surface area contributed by atoms with Gasteiger partial charge in [-0.25, -0.2) is 0 Å². The predicted molar refractivity (Wildman–Crippen MR) is 111 cm³/mol. The molecule has 1 saturated heterocycles. The summed E-state index contributed by atoms with van der Waals surface area (Å²) in [5.41, 5.74) is 12.1. The van der Waals surface area contributed by atoms with E-state index in [2.05, 4.69) is 32.5 Å². The van der Waals surface area contributed by atoms with Crippen LogP contribution in [-0.2, 0) is 0 Å². The van der Waals surface area contributed by atoms with Crippen LogP contribution in [0.2, 0.25) is 0 Å². The first-order valence-electron chi connectivity index (χ1n) is 9.23. The summed E-state index contributed by atoms with van der Waals surface area (Å²) in [6, 6.07) is 12.3. The first-order valence-corrected chi connectivity index (χ1v) is 9.23. The van der Waals surface area contributed by atoms with Crippen molar-refractivity contribution >= 4 is 40.1 Å². The Morgan fingerprint density at radius 2 is 1.96 bits per heavy atom. The lowest BCUT2D eigenvalue weighted by molar-refractivity contribution is 0.578. The molecule has 0 amide bonds. The molecule has 26 heavy (non-hydrogen) atoms. The third-order valence-corrected chi connectivity index (χ3v) is 5.02. The molecule has 0 saturated carbocycles. The van der Waals surface area contributed by atoms with Crippen LogP contribution in [0.3, 0.4) is 0 Å². The van der Waals surface area contributed by atoms with Crippen molar-refractivity contribution in [1.82, 2.24) is 10.2 Å². The van der Waals surface area contributed by atoms with E-state index in [1.165, 1.54) is 24.9 Å². The standard InChI is InChI=1S/C21H25N5/c1-23-20-13-17-18(9-8-15-6-5-7-16(22)12-15)24-25-19(17)14-21(20)26-10-3-2-4-11-26/h5-9,12-14,23H,2-4,10-11,22H2,1H3,(H,24,25)/b9-8+. The Morgan fingerprint density at radius 3 is 2.73 bits per heavy atom. The lowest BCUT2D eigenvalue weighted by Gasteiger charge is -2.30. The van der Waals surface area contributed by atoms with Crippen LogP contribution in [0.5, 0.6) is 0 Å². The van der Waals surface area contributed by atoms with E-state index < -0.39 is 0 Å². The first kappa shape index (κ1) is 16.5. The molecule has 1 aliphatic heterocycles. The van der Waals surface area contributed by atoms with Crippen molar-refractivity contribution in [2.24, 2.45) is 0 Å². The molecule has 3 aromatic rings. The third kappa shape index (κ3) is 3.25. The highest BCUT2D eigenvalue weighted by atomic mass is 15.2. The average Bonchev–Trinajstić information content (AvgIpc) is 3.08. The number of nitrogens with one attached hydrogen (secondary N) is 2. The Hall–Kier alpha value is -2.95. The Kier molecular flexibility index (Phi) is 4.52. The van der Waals surface area contributed by atoms with Crippen molar-refractivity contribution in [3.05, 3.63) is 47.7 Å². The number of anilines is 3. The minimum atomic E-state index is 0.766. The zero-order valence-electron chi connectivity index (χ0n) is 15.1. The van der Waals surface area contributed by atoms with Crippen molar-refractivity contribution in [3.8, 4) is 0 Å². The zero-order chi connectivity index (χ0) is 17.9. The highest BCUT2D eigenvalue weighted by Gasteiger charge is 2.16. The zero-order valence-corrected chi connectivity index (χ0v) is 15.1. The number of hydrogen-bond donors (Lipinski definition) is 3. The molecule has 134 valence electrons. The molecule has 0 unspecified atom stereocenters. The van der Waals surface area contributed by atoms with Gasteiger partial charge in [0.05, 0.1) is 22.6 Å². The second kappa shape index (κ2) is 7.12. The molecule has 0 aliphatic carbocycles. The number of H-pyrrole nitrogens is 1. The second-order valence-electron chi connectivity index (χ2n) is 6.82. The fraction of sp³-hybridized carbons (Fsp3) is 0.286. The van der Waals surface area contributed by atoms with Crippen LogP contribution in [0.15, 0.2) is 36.4 Å². The minimum Gasteiger partial charge on any atom is -0.399 e. The van der Waals surface area contributed by atoms with E-state index in [1.807, 2.05) is 43.5 Å². The van der Waals surface area contributed by atoms with Crippen LogP contribution in [0.4, 0.5) is 17.1 Å². The number of benzene rings is 2. The molecule has 2 aromatic carbocycles. The number of nitrogens with zero attached hydrogens (tertiary/aromatic N) is 2. The maximum atomic E-state index is 5.85. The summed E-state index contributed by atoms with van der Waals surface area (Å²) in [5, 5.41) is 12.2. The Bertz CT molecular complexity index is 935. The number of nitrogens with two attached hydrogens (primary N) is 1. The molecular weight excluding hydrogens is 322 g/mol. The number of fused-ring (bicyclic) bond motifs is 1. The van der Waals surface area contributed by atoms with Gasteiger partial charge in [-0.05, 0) is 55.2 Å². The highest BCUT2D eigenvalue weighted by molar-refractivity contribution is 5.96. The van der Waals surface area contributed by atoms with Crippen LogP contribution < -0.4 is 16.0 Å². The van der Waals surface area contributed by atoms with E-state index in [0.717, 1.165) is 46.6 Å². The van der Waals surface area contributed by atoms with Gasteiger partial charge in [0.25, 0.3) is 0 Å². The smallest absolute Gasteiger partial charge is 0.0928 e. The van der Waals surface area contributed by atoms with Crippen molar-refractivity contribution in [2.45, 2.75) is 19.3 Å². The molecule has 1 aromatic heterocycles. The molecule has 0 bridgehead atoms. The summed E-state index contributed by atoms with van der Waals surface area (Å²) in [6.45, 7) is 2.24. The fourth-order valence-electron chi connectivity index (χ4n) is 3.63. The SMILES string of the molecule is CNc1cc2c(/C=C/c3cccc(N)c3)n[nH]c2cc1N1CCCCC1. The molecule has 5 nitrogen and oxygen atoms in total. The molecule has 4 N–H and O–H groups in total. The van der Waals surface area contributed by atoms with Gasteiger partial charge < -0.3 is 16.0 Å². The van der Waals surface area contributed by atoms with Gasteiger partial charge in [-0.3, -0.25) is 5.10 Å². The predicted octanol–water partition coefficient (Wildman–Crippen LogP) is 4.35. The summed E-state index contributed by atoms with van der Waals surface area (Å²) in [6.07, 6.45) is 7.94. The normalized spacial score (nSPS) is 15.0. The molecule has 0 atom stereocenters. The van der Waals surface area contributed by atoms with Gasteiger partial charge in [0, 0.05) is 31.2 Å². The lowest BCUT2D eigenvalue weighted by atomic mass is 10.1. The van der Waals surface area contributed by atoms with E-state index in [4.69, 9.17) is 5.73 Å². The fourth-order valence-corrected chi connectivity index (χ4v) is 3.63. The van der Waals surface area contributed by atoms with E-state index in [1.54, 1.807) is 0 Å². The number of hydrogen-bond acceptors (Lipinski definition) is 4. The van der Waals surface area contributed by atoms with E-state index in [0.29, 0.717) is 0 Å². The topological polar surface area (TPSA) is 70.0 Å². The van der Waals surface area contributed by atoms with E-state index in [9.17, 15) is 0 Å². The average molecular weight is 347 g/mol. The molecule has 1 fully saturated rings. The summed E-state index contributed by atoms with van der Waals surface area (Å²) in [5.74, 6) is 0.